The molecule has 1 amide bonds. The predicted molar refractivity (Wildman–Crippen MR) is 88.5 cm³/mol. The van der Waals surface area contributed by atoms with Crippen molar-refractivity contribution in [3.05, 3.63) is 59.7 Å². The first kappa shape index (κ1) is 14.6. The largest absolute Gasteiger partial charge is 0.494 e. The molecule has 0 N–H and O–H groups in total. The Morgan fingerprint density at radius 2 is 1.77 bits per heavy atom. The van der Waals surface area contributed by atoms with Crippen LogP contribution in [0, 0.1) is 0 Å². The van der Waals surface area contributed by atoms with Crippen molar-refractivity contribution in [1.82, 2.24) is 0 Å². The molecule has 0 aromatic heterocycles. The van der Waals surface area contributed by atoms with E-state index in [9.17, 15) is 4.79 Å². The van der Waals surface area contributed by atoms with Gasteiger partial charge in [0, 0.05) is 12.7 Å². The van der Waals surface area contributed by atoms with E-state index in [0.717, 1.165) is 22.6 Å². The number of ether oxygens (including phenoxy) is 1. The van der Waals surface area contributed by atoms with Crippen molar-refractivity contribution in [2.75, 3.05) is 18.6 Å². The first-order valence-corrected chi connectivity index (χ1v) is 7.65. The molecule has 0 aliphatic carbocycles. The van der Waals surface area contributed by atoms with Crippen molar-refractivity contribution in [3.63, 3.8) is 0 Å². The van der Waals surface area contributed by atoms with Crippen LogP contribution in [0.4, 0.5) is 5.69 Å². The third kappa shape index (κ3) is 2.27. The van der Waals surface area contributed by atoms with Gasteiger partial charge < -0.3 is 9.64 Å². The molecule has 0 unspecified atom stereocenters. The second-order valence-electron chi connectivity index (χ2n) is 5.97. The highest BCUT2D eigenvalue weighted by molar-refractivity contribution is 6.07. The van der Waals surface area contributed by atoms with Crippen molar-refractivity contribution in [1.29, 1.82) is 0 Å². The summed E-state index contributed by atoms with van der Waals surface area (Å²) < 4.78 is 5.48. The third-order valence-corrected chi connectivity index (χ3v) is 4.43. The van der Waals surface area contributed by atoms with Crippen LogP contribution in [-0.2, 0) is 16.6 Å². The molecule has 3 heteroatoms. The SMILES string of the molecule is CCOc1ccc(C[C@@]2(C)C(=O)N(C)c3ccccc32)cc1. The molecule has 0 fully saturated rings. The zero-order valence-corrected chi connectivity index (χ0v) is 13.3. The van der Waals surface area contributed by atoms with Crippen LogP contribution in [-0.4, -0.2) is 19.6 Å². The van der Waals surface area contributed by atoms with Gasteiger partial charge in [0.15, 0.2) is 0 Å². The summed E-state index contributed by atoms with van der Waals surface area (Å²) in [7, 11) is 1.85. The van der Waals surface area contributed by atoms with Gasteiger partial charge in [-0.05, 0) is 49.6 Å². The minimum atomic E-state index is -0.502. The summed E-state index contributed by atoms with van der Waals surface area (Å²) in [5, 5.41) is 0. The lowest BCUT2D eigenvalue weighted by molar-refractivity contribution is -0.122. The normalized spacial score (nSPS) is 20.1. The third-order valence-electron chi connectivity index (χ3n) is 4.43. The maximum Gasteiger partial charge on any atom is 0.237 e. The van der Waals surface area contributed by atoms with Crippen LogP contribution >= 0.6 is 0 Å². The number of carbonyl (C=O) groups excluding carboxylic acids is 1. The lowest BCUT2D eigenvalue weighted by atomic mass is 9.78. The average molecular weight is 295 g/mol. The first-order valence-electron chi connectivity index (χ1n) is 7.65. The minimum Gasteiger partial charge on any atom is -0.494 e. The van der Waals surface area contributed by atoms with Crippen molar-refractivity contribution in [2.24, 2.45) is 0 Å². The number of benzene rings is 2. The number of hydrogen-bond donors (Lipinski definition) is 0. The molecule has 1 atom stereocenters. The highest BCUT2D eigenvalue weighted by atomic mass is 16.5. The maximum absolute atomic E-state index is 12.8. The summed E-state index contributed by atoms with van der Waals surface area (Å²) in [4.78, 5) is 14.5. The number of hydrogen-bond acceptors (Lipinski definition) is 2. The average Bonchev–Trinajstić information content (AvgIpc) is 2.72. The minimum absolute atomic E-state index is 0.155. The molecule has 1 aliphatic heterocycles. The van der Waals surface area contributed by atoms with Gasteiger partial charge in [0.1, 0.15) is 5.75 Å². The highest BCUT2D eigenvalue weighted by Gasteiger charge is 2.45. The number of anilines is 1. The molecule has 0 bridgehead atoms. The second-order valence-corrected chi connectivity index (χ2v) is 5.97. The van der Waals surface area contributed by atoms with Crippen molar-refractivity contribution < 1.29 is 9.53 Å². The van der Waals surface area contributed by atoms with Gasteiger partial charge in [0.2, 0.25) is 5.91 Å². The Labute approximate surface area is 131 Å². The maximum atomic E-state index is 12.8. The Hall–Kier alpha value is -2.29. The van der Waals surface area contributed by atoms with Crippen molar-refractivity contribution in [3.8, 4) is 5.75 Å². The Bertz CT molecular complexity index is 693. The van der Waals surface area contributed by atoms with Crippen LogP contribution in [0.15, 0.2) is 48.5 Å². The molecular formula is C19H21NO2. The van der Waals surface area contributed by atoms with Crippen LogP contribution in [0.25, 0.3) is 0 Å². The van der Waals surface area contributed by atoms with E-state index >= 15 is 0 Å². The lowest BCUT2D eigenvalue weighted by Gasteiger charge is -2.23. The molecule has 3 nitrogen and oxygen atoms in total. The molecule has 3 rings (SSSR count). The second kappa shape index (κ2) is 5.48. The van der Waals surface area contributed by atoms with Gasteiger partial charge >= 0.3 is 0 Å². The quantitative estimate of drug-likeness (QED) is 0.863. The van der Waals surface area contributed by atoms with Crippen LogP contribution in [0.2, 0.25) is 0 Å². The molecule has 0 saturated carbocycles. The number of amides is 1. The van der Waals surface area contributed by atoms with E-state index in [2.05, 4.69) is 6.07 Å². The van der Waals surface area contributed by atoms with E-state index in [1.807, 2.05) is 63.4 Å². The number of rotatable bonds is 4. The molecule has 0 spiro atoms. The molecule has 0 saturated heterocycles. The zero-order valence-electron chi connectivity index (χ0n) is 13.3. The van der Waals surface area contributed by atoms with Gasteiger partial charge in [-0.1, -0.05) is 30.3 Å². The molecular weight excluding hydrogens is 274 g/mol. The molecule has 1 aliphatic rings. The van der Waals surface area contributed by atoms with E-state index < -0.39 is 5.41 Å². The van der Waals surface area contributed by atoms with Crippen LogP contribution < -0.4 is 9.64 Å². The Kier molecular flexibility index (Phi) is 3.65. The summed E-state index contributed by atoms with van der Waals surface area (Å²) in [6.45, 7) is 4.67. The Morgan fingerprint density at radius 3 is 2.45 bits per heavy atom. The van der Waals surface area contributed by atoms with Crippen LogP contribution in [0.5, 0.6) is 5.75 Å². The smallest absolute Gasteiger partial charge is 0.237 e. The Balaban J connectivity index is 1.92. The summed E-state index contributed by atoms with van der Waals surface area (Å²) in [6.07, 6.45) is 0.694. The highest BCUT2D eigenvalue weighted by Crippen LogP contribution is 2.42. The van der Waals surface area contributed by atoms with E-state index in [0.29, 0.717) is 13.0 Å². The fraction of sp³-hybridized carbons (Fsp3) is 0.316. The summed E-state index contributed by atoms with van der Waals surface area (Å²) in [5.41, 5.74) is 2.76. The number of nitrogens with zero attached hydrogens (tertiary/aromatic N) is 1. The molecule has 0 radical (unpaired) electrons. The summed E-state index contributed by atoms with van der Waals surface area (Å²) >= 11 is 0. The fourth-order valence-electron chi connectivity index (χ4n) is 3.28. The van der Waals surface area contributed by atoms with E-state index in [4.69, 9.17) is 4.74 Å². The van der Waals surface area contributed by atoms with E-state index in [-0.39, 0.29) is 5.91 Å². The molecule has 114 valence electrons. The van der Waals surface area contributed by atoms with E-state index in [1.165, 1.54) is 0 Å². The monoisotopic (exact) mass is 295 g/mol. The summed E-state index contributed by atoms with van der Waals surface area (Å²) in [5.74, 6) is 1.02. The number of carbonyl (C=O) groups is 1. The number of likely N-dealkylation sites (N-methyl/N-ethyl adjacent to an activating group) is 1. The van der Waals surface area contributed by atoms with Crippen molar-refractivity contribution >= 4 is 11.6 Å². The number of para-hydroxylation sites is 1. The summed E-state index contributed by atoms with van der Waals surface area (Å²) in [6, 6.07) is 16.1. The molecule has 1 heterocycles. The molecule has 2 aromatic carbocycles. The van der Waals surface area contributed by atoms with Crippen molar-refractivity contribution in [2.45, 2.75) is 25.7 Å². The van der Waals surface area contributed by atoms with Gasteiger partial charge in [-0.25, -0.2) is 0 Å². The standard InChI is InChI=1S/C19H21NO2/c1-4-22-15-11-9-14(10-12-15)13-19(2)16-7-5-6-8-17(16)20(3)18(19)21/h5-12H,4,13H2,1-3H3/t19-/m1/s1. The van der Waals surface area contributed by atoms with Gasteiger partial charge in [0.05, 0.1) is 12.0 Å². The predicted octanol–water partition coefficient (Wildman–Crippen LogP) is 3.56. The zero-order chi connectivity index (χ0) is 15.7. The Morgan fingerprint density at radius 1 is 1.09 bits per heavy atom. The van der Waals surface area contributed by atoms with Gasteiger partial charge in [0.25, 0.3) is 0 Å². The van der Waals surface area contributed by atoms with Gasteiger partial charge in [-0.3, -0.25) is 4.79 Å². The molecule has 22 heavy (non-hydrogen) atoms. The first-order chi connectivity index (χ1) is 10.6. The van der Waals surface area contributed by atoms with Gasteiger partial charge in [-0.15, -0.1) is 0 Å². The lowest BCUT2D eigenvalue weighted by Crippen LogP contribution is -2.37. The topological polar surface area (TPSA) is 29.5 Å². The van der Waals surface area contributed by atoms with Crippen LogP contribution in [0.1, 0.15) is 25.0 Å². The number of fused-ring (bicyclic) bond motifs is 1. The molecule has 2 aromatic rings. The van der Waals surface area contributed by atoms with Crippen LogP contribution in [0.3, 0.4) is 0 Å². The van der Waals surface area contributed by atoms with Gasteiger partial charge in [-0.2, -0.15) is 0 Å². The fourth-order valence-corrected chi connectivity index (χ4v) is 3.28. The van der Waals surface area contributed by atoms with E-state index in [1.54, 1.807) is 4.90 Å².